The van der Waals surface area contributed by atoms with Gasteiger partial charge in [-0.1, -0.05) is 60.7 Å². The molecule has 1 amide bonds. The van der Waals surface area contributed by atoms with E-state index in [1.165, 1.54) is 4.90 Å². The average Bonchev–Trinajstić information content (AvgIpc) is 2.78. The molecule has 7 heteroatoms. The third-order valence-corrected chi connectivity index (χ3v) is 4.57. The Hall–Kier alpha value is -3.74. The number of rotatable bonds is 8. The summed E-state index contributed by atoms with van der Waals surface area (Å²) in [4.78, 5) is 25.3. The Balaban J connectivity index is 1.54. The van der Waals surface area contributed by atoms with E-state index < -0.39 is 12.1 Å². The molecule has 0 aliphatic rings. The Labute approximate surface area is 174 Å². The first kappa shape index (κ1) is 21.0. The quantitative estimate of drug-likeness (QED) is 0.608. The number of hydrogen-bond donors (Lipinski definition) is 1. The number of carbonyl (C=O) groups is 2. The van der Waals surface area contributed by atoms with Crippen LogP contribution in [0.2, 0.25) is 0 Å². The predicted octanol–water partition coefficient (Wildman–Crippen LogP) is 4.04. The van der Waals surface area contributed by atoms with Crippen molar-refractivity contribution in [3.8, 4) is 11.3 Å². The number of carboxylic acids is 1. The summed E-state index contributed by atoms with van der Waals surface area (Å²) in [7, 11) is 1.67. The van der Waals surface area contributed by atoms with E-state index in [-0.39, 0.29) is 12.2 Å². The lowest BCUT2D eigenvalue weighted by molar-refractivity contribution is 0.0697. The standard InChI is InChI=1S/C23H23N3O4/c1-26(23(29)30-16-17-9-4-2-5-10-17)14-8-13-19-15-20(22(27)28)21(25-24-19)18-11-6-3-7-12-18/h2-7,9-12,15H,8,13-14,16H2,1H3,(H,27,28). The van der Waals surface area contributed by atoms with Gasteiger partial charge in [-0.3, -0.25) is 0 Å². The number of amides is 1. The van der Waals surface area contributed by atoms with Gasteiger partial charge in [-0.15, -0.1) is 5.10 Å². The second-order valence-corrected chi connectivity index (χ2v) is 6.83. The molecule has 0 unspecified atom stereocenters. The van der Waals surface area contributed by atoms with Gasteiger partial charge in [0.25, 0.3) is 0 Å². The molecule has 154 valence electrons. The maximum Gasteiger partial charge on any atom is 0.409 e. The van der Waals surface area contributed by atoms with Crippen LogP contribution in [-0.2, 0) is 17.8 Å². The van der Waals surface area contributed by atoms with Crippen LogP contribution < -0.4 is 0 Å². The summed E-state index contributed by atoms with van der Waals surface area (Å²) < 4.78 is 5.29. The number of aromatic nitrogens is 2. The minimum atomic E-state index is -1.05. The van der Waals surface area contributed by atoms with E-state index in [2.05, 4.69) is 10.2 Å². The van der Waals surface area contributed by atoms with Crippen LogP contribution in [0.4, 0.5) is 4.79 Å². The average molecular weight is 405 g/mol. The summed E-state index contributed by atoms with van der Waals surface area (Å²) in [6.07, 6.45) is 0.698. The van der Waals surface area contributed by atoms with Crippen molar-refractivity contribution in [2.24, 2.45) is 0 Å². The lowest BCUT2D eigenvalue weighted by Gasteiger charge is -2.17. The van der Waals surface area contributed by atoms with Crippen LogP contribution in [0.3, 0.4) is 0 Å². The van der Waals surface area contributed by atoms with Crippen molar-refractivity contribution in [1.29, 1.82) is 0 Å². The van der Waals surface area contributed by atoms with E-state index in [4.69, 9.17) is 4.74 Å². The predicted molar refractivity (Wildman–Crippen MR) is 112 cm³/mol. The molecule has 1 heterocycles. The molecule has 0 aliphatic heterocycles. The molecular weight excluding hydrogens is 382 g/mol. The number of aryl methyl sites for hydroxylation is 1. The monoisotopic (exact) mass is 405 g/mol. The van der Waals surface area contributed by atoms with Crippen molar-refractivity contribution in [2.75, 3.05) is 13.6 Å². The lowest BCUT2D eigenvalue weighted by atomic mass is 10.1. The van der Waals surface area contributed by atoms with Gasteiger partial charge in [0.15, 0.2) is 0 Å². The molecular formula is C23H23N3O4. The molecule has 2 aromatic carbocycles. The van der Waals surface area contributed by atoms with Crippen molar-refractivity contribution in [3.05, 3.63) is 83.6 Å². The van der Waals surface area contributed by atoms with E-state index in [1.807, 2.05) is 48.5 Å². The Bertz CT molecular complexity index is 994. The fourth-order valence-electron chi connectivity index (χ4n) is 2.94. The van der Waals surface area contributed by atoms with Crippen LogP contribution in [0.5, 0.6) is 0 Å². The minimum absolute atomic E-state index is 0.113. The summed E-state index contributed by atoms with van der Waals surface area (Å²) >= 11 is 0. The second-order valence-electron chi connectivity index (χ2n) is 6.83. The van der Waals surface area contributed by atoms with Gasteiger partial charge in [0.2, 0.25) is 0 Å². The zero-order chi connectivity index (χ0) is 21.3. The highest BCUT2D eigenvalue weighted by Gasteiger charge is 2.16. The van der Waals surface area contributed by atoms with E-state index in [9.17, 15) is 14.7 Å². The topological polar surface area (TPSA) is 92.6 Å². The van der Waals surface area contributed by atoms with Crippen LogP contribution in [0.25, 0.3) is 11.3 Å². The molecule has 0 saturated heterocycles. The Morgan fingerprint density at radius 1 is 1.00 bits per heavy atom. The van der Waals surface area contributed by atoms with Crippen molar-refractivity contribution in [1.82, 2.24) is 15.1 Å². The Kier molecular flexibility index (Phi) is 7.10. The molecule has 7 nitrogen and oxygen atoms in total. The lowest BCUT2D eigenvalue weighted by Crippen LogP contribution is -2.28. The molecule has 0 fully saturated rings. The number of carbonyl (C=O) groups excluding carboxylic acids is 1. The number of carboxylic acid groups (broad SMARTS) is 1. The number of ether oxygens (including phenoxy) is 1. The molecule has 0 aliphatic carbocycles. The highest BCUT2D eigenvalue weighted by molar-refractivity contribution is 5.94. The summed E-state index contributed by atoms with van der Waals surface area (Å²) in [6.45, 7) is 0.677. The summed E-state index contributed by atoms with van der Waals surface area (Å²) in [5, 5.41) is 17.9. The molecule has 0 radical (unpaired) electrons. The van der Waals surface area contributed by atoms with Gasteiger partial charge in [-0.25, -0.2) is 9.59 Å². The second kappa shape index (κ2) is 10.2. The van der Waals surface area contributed by atoms with Crippen molar-refractivity contribution in [2.45, 2.75) is 19.4 Å². The van der Waals surface area contributed by atoms with E-state index in [0.29, 0.717) is 36.3 Å². The van der Waals surface area contributed by atoms with Gasteiger partial charge in [0.05, 0.1) is 11.3 Å². The van der Waals surface area contributed by atoms with Crippen LogP contribution >= 0.6 is 0 Å². The Morgan fingerprint density at radius 3 is 2.33 bits per heavy atom. The zero-order valence-electron chi connectivity index (χ0n) is 16.7. The fourth-order valence-corrected chi connectivity index (χ4v) is 2.94. The SMILES string of the molecule is CN(CCCc1cc(C(=O)O)c(-c2ccccc2)nn1)C(=O)OCc1ccccc1. The number of aromatic carboxylic acids is 1. The molecule has 3 aromatic rings. The van der Waals surface area contributed by atoms with E-state index in [1.54, 1.807) is 25.2 Å². The Morgan fingerprint density at radius 2 is 1.67 bits per heavy atom. The van der Waals surface area contributed by atoms with Gasteiger partial charge >= 0.3 is 12.1 Å². The van der Waals surface area contributed by atoms with Crippen molar-refractivity contribution >= 4 is 12.1 Å². The molecule has 1 aromatic heterocycles. The van der Waals surface area contributed by atoms with Gasteiger partial charge in [-0.05, 0) is 24.5 Å². The van der Waals surface area contributed by atoms with Gasteiger partial charge in [-0.2, -0.15) is 5.10 Å². The first-order chi connectivity index (χ1) is 14.5. The highest BCUT2D eigenvalue weighted by Crippen LogP contribution is 2.21. The largest absolute Gasteiger partial charge is 0.478 e. The van der Waals surface area contributed by atoms with Crippen molar-refractivity contribution < 1.29 is 19.4 Å². The first-order valence-electron chi connectivity index (χ1n) is 9.61. The van der Waals surface area contributed by atoms with Crippen LogP contribution in [0.15, 0.2) is 66.7 Å². The summed E-state index contributed by atoms with van der Waals surface area (Å²) in [5.74, 6) is -1.05. The van der Waals surface area contributed by atoms with Gasteiger partial charge in [0.1, 0.15) is 12.3 Å². The summed E-state index contributed by atoms with van der Waals surface area (Å²) in [5.41, 5.74) is 2.65. The molecule has 0 spiro atoms. The summed E-state index contributed by atoms with van der Waals surface area (Å²) in [6, 6.07) is 20.1. The molecule has 3 rings (SSSR count). The van der Waals surface area contributed by atoms with E-state index in [0.717, 1.165) is 5.56 Å². The third-order valence-electron chi connectivity index (χ3n) is 4.57. The van der Waals surface area contributed by atoms with Crippen LogP contribution in [0, 0.1) is 0 Å². The third kappa shape index (κ3) is 5.64. The molecule has 1 N–H and O–H groups in total. The van der Waals surface area contributed by atoms with Crippen LogP contribution in [0.1, 0.15) is 28.0 Å². The number of nitrogens with zero attached hydrogens (tertiary/aromatic N) is 3. The maximum absolute atomic E-state index is 12.1. The number of benzene rings is 2. The first-order valence-corrected chi connectivity index (χ1v) is 9.61. The minimum Gasteiger partial charge on any atom is -0.478 e. The number of hydrogen-bond acceptors (Lipinski definition) is 5. The molecule has 30 heavy (non-hydrogen) atoms. The fraction of sp³-hybridized carbons (Fsp3) is 0.217. The normalized spacial score (nSPS) is 10.4. The van der Waals surface area contributed by atoms with Gasteiger partial charge < -0.3 is 14.7 Å². The van der Waals surface area contributed by atoms with Crippen molar-refractivity contribution in [3.63, 3.8) is 0 Å². The molecule has 0 bridgehead atoms. The maximum atomic E-state index is 12.1. The molecule has 0 saturated carbocycles. The smallest absolute Gasteiger partial charge is 0.409 e. The highest BCUT2D eigenvalue weighted by atomic mass is 16.6. The molecule has 0 atom stereocenters. The van der Waals surface area contributed by atoms with E-state index >= 15 is 0 Å². The van der Waals surface area contributed by atoms with Crippen LogP contribution in [-0.4, -0.2) is 45.9 Å². The van der Waals surface area contributed by atoms with Gasteiger partial charge in [0, 0.05) is 19.2 Å². The zero-order valence-corrected chi connectivity index (χ0v) is 16.7.